The predicted molar refractivity (Wildman–Crippen MR) is 92.5 cm³/mol. The van der Waals surface area contributed by atoms with Gasteiger partial charge in [0.05, 0.1) is 5.92 Å². The lowest BCUT2D eigenvalue weighted by Gasteiger charge is -2.31. The van der Waals surface area contributed by atoms with Crippen molar-refractivity contribution in [2.24, 2.45) is 10.9 Å². The molecular weight excluding hydrogens is 331 g/mol. The number of hydrogen-bond donors (Lipinski definition) is 2. The SMILES string of the molecule is CN=C(NCCCCn1ccnc1C)NC1CCCC(C(F)(F)F)C1. The Bertz CT molecular complexity index is 553. The molecule has 25 heavy (non-hydrogen) atoms. The minimum Gasteiger partial charge on any atom is -0.356 e. The molecule has 2 unspecified atom stereocenters. The highest BCUT2D eigenvalue weighted by Crippen LogP contribution is 2.37. The van der Waals surface area contributed by atoms with Crippen LogP contribution in [-0.4, -0.2) is 41.3 Å². The molecule has 1 aromatic rings. The Morgan fingerprint density at radius 3 is 2.80 bits per heavy atom. The van der Waals surface area contributed by atoms with Crippen LogP contribution in [0.4, 0.5) is 13.2 Å². The van der Waals surface area contributed by atoms with Crippen molar-refractivity contribution in [1.29, 1.82) is 0 Å². The minimum atomic E-state index is -4.09. The van der Waals surface area contributed by atoms with Crippen molar-refractivity contribution in [2.45, 2.75) is 64.2 Å². The highest BCUT2D eigenvalue weighted by atomic mass is 19.4. The van der Waals surface area contributed by atoms with Gasteiger partial charge >= 0.3 is 6.18 Å². The van der Waals surface area contributed by atoms with Crippen LogP contribution in [0.1, 0.15) is 44.3 Å². The number of aromatic nitrogens is 2. The van der Waals surface area contributed by atoms with E-state index in [1.54, 1.807) is 13.2 Å². The molecule has 8 heteroatoms. The van der Waals surface area contributed by atoms with Crippen molar-refractivity contribution in [1.82, 2.24) is 20.2 Å². The summed E-state index contributed by atoms with van der Waals surface area (Å²) in [6.45, 7) is 3.63. The first-order valence-electron chi connectivity index (χ1n) is 8.91. The third kappa shape index (κ3) is 6.25. The number of halogens is 3. The Hall–Kier alpha value is -1.73. The first-order valence-corrected chi connectivity index (χ1v) is 8.91. The first-order chi connectivity index (χ1) is 11.9. The Balaban J connectivity index is 1.67. The van der Waals surface area contributed by atoms with Crippen molar-refractivity contribution in [3.05, 3.63) is 18.2 Å². The summed E-state index contributed by atoms with van der Waals surface area (Å²) in [5, 5.41) is 6.34. The molecule has 2 N–H and O–H groups in total. The van der Waals surface area contributed by atoms with Gasteiger partial charge in [-0.05, 0) is 39.0 Å². The van der Waals surface area contributed by atoms with Gasteiger partial charge in [0.15, 0.2) is 5.96 Å². The highest BCUT2D eigenvalue weighted by Gasteiger charge is 2.42. The number of imidazole rings is 1. The lowest BCUT2D eigenvalue weighted by atomic mass is 9.85. The van der Waals surface area contributed by atoms with Crippen LogP contribution in [-0.2, 0) is 6.54 Å². The number of alkyl halides is 3. The summed E-state index contributed by atoms with van der Waals surface area (Å²) >= 11 is 0. The Morgan fingerprint density at radius 1 is 1.36 bits per heavy atom. The zero-order valence-electron chi connectivity index (χ0n) is 14.9. The number of aliphatic imine (C=N–C) groups is 1. The quantitative estimate of drug-likeness (QED) is 0.466. The molecule has 1 saturated carbocycles. The molecular formula is C17H28F3N5. The molecule has 0 radical (unpaired) electrons. The van der Waals surface area contributed by atoms with E-state index in [4.69, 9.17) is 0 Å². The van der Waals surface area contributed by atoms with Crippen LogP contribution in [0.5, 0.6) is 0 Å². The lowest BCUT2D eigenvalue weighted by molar-refractivity contribution is -0.183. The number of guanidine groups is 1. The van der Waals surface area contributed by atoms with E-state index in [0.29, 0.717) is 12.4 Å². The molecule has 0 saturated heterocycles. The van der Waals surface area contributed by atoms with E-state index in [1.165, 1.54) is 0 Å². The van der Waals surface area contributed by atoms with Crippen LogP contribution in [0.3, 0.4) is 0 Å². The summed E-state index contributed by atoms with van der Waals surface area (Å²) in [6, 6.07) is -0.167. The van der Waals surface area contributed by atoms with E-state index in [1.807, 2.05) is 13.1 Å². The van der Waals surface area contributed by atoms with Gasteiger partial charge in [0.1, 0.15) is 5.82 Å². The predicted octanol–water partition coefficient (Wildman–Crippen LogP) is 3.26. The van der Waals surface area contributed by atoms with Gasteiger partial charge in [-0.25, -0.2) is 4.98 Å². The van der Waals surface area contributed by atoms with Crippen LogP contribution in [0.2, 0.25) is 0 Å². The van der Waals surface area contributed by atoms with Gasteiger partial charge in [0.25, 0.3) is 0 Å². The molecule has 2 atom stereocenters. The number of unbranched alkanes of at least 4 members (excludes halogenated alkanes) is 1. The lowest BCUT2D eigenvalue weighted by Crippen LogP contribution is -2.47. The molecule has 0 amide bonds. The zero-order chi connectivity index (χ0) is 18.3. The highest BCUT2D eigenvalue weighted by molar-refractivity contribution is 5.79. The van der Waals surface area contributed by atoms with Crippen molar-refractivity contribution in [2.75, 3.05) is 13.6 Å². The van der Waals surface area contributed by atoms with Gasteiger partial charge in [0, 0.05) is 38.6 Å². The van der Waals surface area contributed by atoms with Gasteiger partial charge in [-0.1, -0.05) is 6.42 Å². The van der Waals surface area contributed by atoms with E-state index in [9.17, 15) is 13.2 Å². The molecule has 0 spiro atoms. The molecule has 1 aliphatic carbocycles. The van der Waals surface area contributed by atoms with Gasteiger partial charge in [0.2, 0.25) is 0 Å². The summed E-state index contributed by atoms with van der Waals surface area (Å²) in [5.41, 5.74) is 0. The van der Waals surface area contributed by atoms with Crippen molar-refractivity contribution < 1.29 is 13.2 Å². The third-order valence-corrected chi connectivity index (χ3v) is 4.74. The van der Waals surface area contributed by atoms with Crippen molar-refractivity contribution >= 4 is 5.96 Å². The molecule has 0 aliphatic heterocycles. The molecule has 1 fully saturated rings. The Kier molecular flexibility index (Phi) is 7.13. The van der Waals surface area contributed by atoms with Crippen molar-refractivity contribution in [3.63, 3.8) is 0 Å². The normalized spacial score (nSPS) is 22.0. The average molecular weight is 359 g/mol. The molecule has 1 aliphatic rings. The van der Waals surface area contributed by atoms with Gasteiger partial charge in [-0.3, -0.25) is 4.99 Å². The second-order valence-electron chi connectivity index (χ2n) is 6.62. The van der Waals surface area contributed by atoms with E-state index in [-0.39, 0.29) is 18.9 Å². The number of rotatable bonds is 6. The fourth-order valence-corrected chi connectivity index (χ4v) is 3.26. The standard InChI is InChI=1S/C17H28F3N5/c1-13-22-9-11-25(13)10-4-3-8-23-16(21-2)24-15-7-5-6-14(12-15)17(18,19)20/h9,11,14-15H,3-8,10,12H2,1-2H3,(H2,21,23,24). The molecule has 1 aromatic heterocycles. The minimum absolute atomic E-state index is 0.129. The summed E-state index contributed by atoms with van der Waals surface area (Å²) in [5.74, 6) is 0.392. The Labute approximate surface area is 147 Å². The number of nitrogens with zero attached hydrogens (tertiary/aromatic N) is 3. The van der Waals surface area contributed by atoms with Gasteiger partial charge in [-0.15, -0.1) is 0 Å². The molecule has 0 bridgehead atoms. The maximum absolute atomic E-state index is 12.9. The van der Waals surface area contributed by atoms with Gasteiger partial charge in [-0.2, -0.15) is 13.2 Å². The summed E-state index contributed by atoms with van der Waals surface area (Å²) < 4.78 is 40.8. The monoisotopic (exact) mass is 359 g/mol. The molecule has 142 valence electrons. The number of aryl methyl sites for hydroxylation is 2. The summed E-state index contributed by atoms with van der Waals surface area (Å²) in [6.07, 6.45) is 3.33. The second-order valence-corrected chi connectivity index (χ2v) is 6.62. The van der Waals surface area contributed by atoms with E-state index >= 15 is 0 Å². The maximum atomic E-state index is 12.9. The third-order valence-electron chi connectivity index (χ3n) is 4.74. The fourth-order valence-electron chi connectivity index (χ4n) is 3.26. The molecule has 2 rings (SSSR count). The average Bonchev–Trinajstić information content (AvgIpc) is 2.98. The number of nitrogens with one attached hydrogen (secondary N) is 2. The van der Waals surface area contributed by atoms with Crippen LogP contribution < -0.4 is 10.6 Å². The van der Waals surface area contributed by atoms with Crippen LogP contribution in [0.15, 0.2) is 17.4 Å². The largest absolute Gasteiger partial charge is 0.391 e. The summed E-state index contributed by atoms with van der Waals surface area (Å²) in [7, 11) is 1.65. The Morgan fingerprint density at radius 2 is 2.16 bits per heavy atom. The van der Waals surface area contributed by atoms with Crippen LogP contribution in [0, 0.1) is 12.8 Å². The topological polar surface area (TPSA) is 54.2 Å². The zero-order valence-corrected chi connectivity index (χ0v) is 14.9. The second kappa shape index (κ2) is 9.10. The molecule has 1 heterocycles. The summed E-state index contributed by atoms with van der Waals surface area (Å²) in [4.78, 5) is 8.31. The van der Waals surface area contributed by atoms with E-state index < -0.39 is 12.1 Å². The maximum Gasteiger partial charge on any atom is 0.391 e. The van der Waals surface area contributed by atoms with Crippen LogP contribution in [0.25, 0.3) is 0 Å². The van der Waals surface area contributed by atoms with E-state index in [2.05, 4.69) is 25.2 Å². The molecule has 5 nitrogen and oxygen atoms in total. The molecule has 0 aromatic carbocycles. The fraction of sp³-hybridized carbons (Fsp3) is 0.765. The van der Waals surface area contributed by atoms with Gasteiger partial charge < -0.3 is 15.2 Å². The number of hydrogen-bond acceptors (Lipinski definition) is 2. The van der Waals surface area contributed by atoms with Crippen LogP contribution >= 0.6 is 0 Å². The van der Waals surface area contributed by atoms with Crippen molar-refractivity contribution in [3.8, 4) is 0 Å². The first kappa shape index (κ1) is 19.6. The van der Waals surface area contributed by atoms with E-state index in [0.717, 1.165) is 38.2 Å². The smallest absolute Gasteiger partial charge is 0.356 e.